The lowest BCUT2D eigenvalue weighted by Gasteiger charge is -2.31. The largest absolute Gasteiger partial charge is 0.381 e. The highest BCUT2D eigenvalue weighted by Gasteiger charge is 2.28. The third-order valence-corrected chi connectivity index (χ3v) is 7.04. The predicted octanol–water partition coefficient (Wildman–Crippen LogP) is 3.32. The number of nitrogens with zero attached hydrogens (tertiary/aromatic N) is 3. The van der Waals surface area contributed by atoms with E-state index < -0.39 is 0 Å². The quantitative estimate of drug-likeness (QED) is 0.812. The molecule has 6 nitrogen and oxygen atoms in total. The Balaban J connectivity index is 1.30. The first-order valence-electron chi connectivity index (χ1n) is 11.4. The van der Waals surface area contributed by atoms with Crippen molar-refractivity contribution in [2.24, 2.45) is 5.92 Å². The molecular weight excluding hydrogens is 352 g/mol. The summed E-state index contributed by atoms with van der Waals surface area (Å²) in [7, 11) is 0. The first-order chi connectivity index (χ1) is 13.7. The van der Waals surface area contributed by atoms with E-state index in [-0.39, 0.29) is 5.91 Å². The van der Waals surface area contributed by atoms with E-state index in [2.05, 4.69) is 15.3 Å². The number of rotatable bonds is 6. The van der Waals surface area contributed by atoms with Gasteiger partial charge in [-0.3, -0.25) is 14.4 Å². The molecule has 0 bridgehead atoms. The molecule has 0 radical (unpaired) electrons. The smallest absolute Gasteiger partial charge is 0.254 e. The third kappa shape index (κ3) is 4.60. The minimum Gasteiger partial charge on any atom is -0.381 e. The molecule has 4 rings (SSSR count). The van der Waals surface area contributed by atoms with Gasteiger partial charge in [-0.25, -0.2) is 0 Å². The number of hydrogen-bond acceptors (Lipinski definition) is 4. The van der Waals surface area contributed by atoms with Crippen molar-refractivity contribution in [3.05, 3.63) is 17.5 Å². The van der Waals surface area contributed by atoms with Crippen LogP contribution in [0, 0.1) is 12.8 Å². The summed E-state index contributed by atoms with van der Waals surface area (Å²) < 4.78 is 7.48. The van der Waals surface area contributed by atoms with Crippen molar-refractivity contribution in [1.29, 1.82) is 0 Å². The van der Waals surface area contributed by atoms with Crippen molar-refractivity contribution in [3.8, 4) is 0 Å². The van der Waals surface area contributed by atoms with Crippen LogP contribution in [-0.2, 0) is 4.74 Å². The second kappa shape index (κ2) is 9.40. The maximum atomic E-state index is 12.8. The van der Waals surface area contributed by atoms with E-state index in [0.717, 1.165) is 49.8 Å². The van der Waals surface area contributed by atoms with Crippen LogP contribution in [0.2, 0.25) is 0 Å². The highest BCUT2D eigenvalue weighted by molar-refractivity contribution is 5.95. The number of hydrogen-bond donors (Lipinski definition) is 1. The van der Waals surface area contributed by atoms with Gasteiger partial charge in [0, 0.05) is 38.0 Å². The van der Waals surface area contributed by atoms with Gasteiger partial charge >= 0.3 is 0 Å². The molecule has 6 heteroatoms. The maximum absolute atomic E-state index is 12.8. The molecule has 1 amide bonds. The standard InChI is InChI=1S/C22H36N4O2/c1-17-21(15-24-26(17)19-9-12-28-13-10-19)22(27)23-14-20-8-5-11-25(20)16-18-6-3-2-4-7-18/h15,18-20H,2-14,16H2,1H3,(H,23,27). The summed E-state index contributed by atoms with van der Waals surface area (Å²) in [6.45, 7) is 6.75. The Hall–Kier alpha value is -1.40. The van der Waals surface area contributed by atoms with E-state index in [0.29, 0.717) is 12.1 Å². The van der Waals surface area contributed by atoms with Crippen LogP contribution in [0.25, 0.3) is 0 Å². The number of carbonyl (C=O) groups is 1. The van der Waals surface area contributed by atoms with Crippen LogP contribution in [0.5, 0.6) is 0 Å². The predicted molar refractivity (Wildman–Crippen MR) is 110 cm³/mol. The van der Waals surface area contributed by atoms with Crippen molar-refractivity contribution in [2.45, 2.75) is 76.8 Å². The van der Waals surface area contributed by atoms with Crippen LogP contribution < -0.4 is 5.32 Å². The zero-order valence-electron chi connectivity index (χ0n) is 17.4. The number of likely N-dealkylation sites (tertiary alicyclic amines) is 1. The van der Waals surface area contributed by atoms with E-state index in [9.17, 15) is 4.79 Å². The van der Waals surface area contributed by atoms with Gasteiger partial charge in [0.25, 0.3) is 5.91 Å². The van der Waals surface area contributed by atoms with Crippen LogP contribution in [0.15, 0.2) is 6.20 Å². The first kappa shape index (κ1) is 19.9. The normalized spacial score (nSPS) is 25.2. The molecule has 1 unspecified atom stereocenters. The number of aromatic nitrogens is 2. The molecule has 28 heavy (non-hydrogen) atoms. The second-order valence-corrected chi connectivity index (χ2v) is 8.94. The maximum Gasteiger partial charge on any atom is 0.254 e. The SMILES string of the molecule is Cc1c(C(=O)NCC2CCCN2CC2CCCCC2)cnn1C1CCOCC1. The minimum atomic E-state index is 0.0281. The zero-order chi connectivity index (χ0) is 19.3. The summed E-state index contributed by atoms with van der Waals surface area (Å²) in [5.41, 5.74) is 1.71. The van der Waals surface area contributed by atoms with Gasteiger partial charge in [0.2, 0.25) is 0 Å². The van der Waals surface area contributed by atoms with Crippen LogP contribution >= 0.6 is 0 Å². The highest BCUT2D eigenvalue weighted by Crippen LogP contribution is 2.27. The average molecular weight is 389 g/mol. The third-order valence-electron chi connectivity index (χ3n) is 7.04. The summed E-state index contributed by atoms with van der Waals surface area (Å²) >= 11 is 0. The average Bonchev–Trinajstić information content (AvgIpc) is 3.34. The van der Waals surface area contributed by atoms with Gasteiger partial charge in [-0.2, -0.15) is 5.10 Å². The van der Waals surface area contributed by atoms with Gasteiger partial charge in [-0.1, -0.05) is 19.3 Å². The van der Waals surface area contributed by atoms with Crippen molar-refractivity contribution >= 4 is 5.91 Å². The van der Waals surface area contributed by atoms with Crippen LogP contribution in [0.1, 0.15) is 79.9 Å². The molecule has 3 fully saturated rings. The number of carbonyl (C=O) groups excluding carboxylic acids is 1. The van der Waals surface area contributed by atoms with Gasteiger partial charge < -0.3 is 10.1 Å². The molecule has 1 aromatic heterocycles. The fraction of sp³-hybridized carbons (Fsp3) is 0.818. The van der Waals surface area contributed by atoms with Crippen LogP contribution in [-0.4, -0.2) is 59.5 Å². The van der Waals surface area contributed by atoms with Crippen molar-refractivity contribution in [1.82, 2.24) is 20.0 Å². The molecule has 1 atom stereocenters. The lowest BCUT2D eigenvalue weighted by atomic mass is 9.89. The highest BCUT2D eigenvalue weighted by atomic mass is 16.5. The molecule has 156 valence electrons. The molecule has 0 spiro atoms. The molecule has 1 N–H and O–H groups in total. The van der Waals surface area contributed by atoms with Crippen molar-refractivity contribution in [2.75, 3.05) is 32.8 Å². The molecule has 0 aromatic carbocycles. The van der Waals surface area contributed by atoms with Crippen molar-refractivity contribution < 1.29 is 9.53 Å². The van der Waals surface area contributed by atoms with Gasteiger partial charge in [0.05, 0.1) is 17.8 Å². The molecule has 2 aliphatic heterocycles. The Morgan fingerprint density at radius 1 is 1.14 bits per heavy atom. The molecule has 3 heterocycles. The Bertz CT molecular complexity index is 647. The minimum absolute atomic E-state index is 0.0281. The fourth-order valence-electron chi connectivity index (χ4n) is 5.32. The van der Waals surface area contributed by atoms with Gasteiger partial charge in [0.15, 0.2) is 0 Å². The Morgan fingerprint density at radius 3 is 2.71 bits per heavy atom. The van der Waals surface area contributed by atoms with Crippen LogP contribution in [0.3, 0.4) is 0 Å². The second-order valence-electron chi connectivity index (χ2n) is 8.94. The Morgan fingerprint density at radius 2 is 1.93 bits per heavy atom. The lowest BCUT2D eigenvalue weighted by molar-refractivity contribution is 0.0656. The molecule has 1 aromatic rings. The van der Waals surface area contributed by atoms with E-state index in [1.807, 2.05) is 11.6 Å². The zero-order valence-corrected chi connectivity index (χ0v) is 17.4. The Labute approximate surface area is 169 Å². The van der Waals surface area contributed by atoms with E-state index in [1.54, 1.807) is 6.20 Å². The summed E-state index contributed by atoms with van der Waals surface area (Å²) in [4.78, 5) is 15.4. The number of nitrogens with one attached hydrogen (secondary N) is 1. The number of amides is 1. The van der Waals surface area contributed by atoms with Gasteiger partial charge in [-0.15, -0.1) is 0 Å². The van der Waals surface area contributed by atoms with Gasteiger partial charge in [-0.05, 0) is 57.9 Å². The molecule has 1 aliphatic carbocycles. The molecule has 1 saturated carbocycles. The van der Waals surface area contributed by atoms with Crippen LogP contribution in [0.4, 0.5) is 0 Å². The van der Waals surface area contributed by atoms with E-state index in [4.69, 9.17) is 4.74 Å². The van der Waals surface area contributed by atoms with Crippen molar-refractivity contribution in [3.63, 3.8) is 0 Å². The summed E-state index contributed by atoms with van der Waals surface area (Å²) in [6.07, 6.45) is 13.1. The Kier molecular flexibility index (Phi) is 6.68. The van der Waals surface area contributed by atoms with E-state index >= 15 is 0 Å². The summed E-state index contributed by atoms with van der Waals surface area (Å²) in [5, 5.41) is 7.73. The topological polar surface area (TPSA) is 59.4 Å². The molecule has 3 aliphatic rings. The molecule has 2 saturated heterocycles. The van der Waals surface area contributed by atoms with Gasteiger partial charge in [0.1, 0.15) is 0 Å². The first-order valence-corrected chi connectivity index (χ1v) is 11.4. The number of ether oxygens (including phenoxy) is 1. The fourth-order valence-corrected chi connectivity index (χ4v) is 5.32. The molecular formula is C22H36N4O2. The lowest BCUT2D eigenvalue weighted by Crippen LogP contribution is -2.42. The van der Waals surface area contributed by atoms with E-state index in [1.165, 1.54) is 58.0 Å². The summed E-state index contributed by atoms with van der Waals surface area (Å²) in [5.74, 6) is 0.894. The monoisotopic (exact) mass is 388 g/mol. The summed E-state index contributed by atoms with van der Waals surface area (Å²) in [6, 6.07) is 0.854.